The van der Waals surface area contributed by atoms with E-state index in [0.717, 1.165) is 58.9 Å². The number of anilines is 2. The highest BCUT2D eigenvalue weighted by molar-refractivity contribution is 7.80. The Morgan fingerprint density at radius 2 is 1.83 bits per heavy atom. The van der Waals surface area contributed by atoms with E-state index in [1.54, 1.807) is 11.3 Å². The lowest BCUT2D eigenvalue weighted by molar-refractivity contribution is 0.0526. The summed E-state index contributed by atoms with van der Waals surface area (Å²) in [5.41, 5.74) is 5.05. The molecular formula is C26H30Cl2N4O2S2. The summed E-state index contributed by atoms with van der Waals surface area (Å²) >= 11 is 20.0. The third-order valence-electron chi connectivity index (χ3n) is 6.37. The van der Waals surface area contributed by atoms with Crippen LogP contribution < -0.4 is 10.6 Å². The predicted octanol–water partition coefficient (Wildman–Crippen LogP) is 7.56. The molecule has 3 aromatic rings. The molecular weight excluding hydrogens is 535 g/mol. The van der Waals surface area contributed by atoms with Crippen LogP contribution in [0.5, 0.6) is 0 Å². The van der Waals surface area contributed by atoms with Gasteiger partial charge < -0.3 is 15.4 Å². The van der Waals surface area contributed by atoms with E-state index in [2.05, 4.69) is 15.7 Å². The number of fused-ring (bicyclic) bond motifs is 1. The van der Waals surface area contributed by atoms with Crippen LogP contribution in [0.1, 0.15) is 70.4 Å². The van der Waals surface area contributed by atoms with Crippen LogP contribution in [0.4, 0.5) is 10.7 Å². The first-order valence-electron chi connectivity index (χ1n) is 12.2. The minimum Gasteiger partial charge on any atom is -0.462 e. The Labute approximate surface area is 231 Å². The van der Waals surface area contributed by atoms with Crippen molar-refractivity contribution < 1.29 is 9.53 Å². The number of nitrogens with one attached hydrogen (secondary N) is 2. The van der Waals surface area contributed by atoms with Gasteiger partial charge in [0.2, 0.25) is 0 Å². The average Bonchev–Trinajstić information content (AvgIpc) is 3.27. The molecule has 1 aliphatic carbocycles. The topological polar surface area (TPSA) is 68.2 Å². The zero-order valence-corrected chi connectivity index (χ0v) is 23.8. The van der Waals surface area contributed by atoms with E-state index in [1.807, 2.05) is 43.7 Å². The first-order chi connectivity index (χ1) is 17.3. The molecule has 1 aliphatic rings. The summed E-state index contributed by atoms with van der Waals surface area (Å²) in [5.74, 6) is -0.294. The molecule has 4 rings (SSSR count). The molecule has 0 atom stereocenters. The number of thiocarbonyl (C=S) groups is 1. The molecule has 192 valence electrons. The number of halogens is 2. The maximum atomic E-state index is 12.9. The second-order valence-corrected chi connectivity index (χ2v) is 11.2. The number of hydrogen-bond donors (Lipinski definition) is 2. The van der Waals surface area contributed by atoms with Gasteiger partial charge in [-0.25, -0.2) is 4.79 Å². The summed E-state index contributed by atoms with van der Waals surface area (Å²) in [6, 6.07) is 5.46. The number of aryl methyl sites for hydroxylation is 2. The summed E-state index contributed by atoms with van der Waals surface area (Å²) in [6.07, 6.45) is 6.47. The molecule has 0 amide bonds. The Balaban J connectivity index is 1.57. The fourth-order valence-corrected chi connectivity index (χ4v) is 6.61. The second-order valence-electron chi connectivity index (χ2n) is 8.83. The third-order valence-corrected chi connectivity index (χ3v) is 8.49. The van der Waals surface area contributed by atoms with Gasteiger partial charge in [-0.05, 0) is 76.4 Å². The van der Waals surface area contributed by atoms with Gasteiger partial charge >= 0.3 is 5.97 Å². The Bertz CT molecular complexity index is 1270. The van der Waals surface area contributed by atoms with E-state index in [1.165, 1.54) is 17.7 Å². The minimum absolute atomic E-state index is 0.294. The lowest BCUT2D eigenvalue weighted by Crippen LogP contribution is -2.21. The Morgan fingerprint density at radius 1 is 1.14 bits per heavy atom. The van der Waals surface area contributed by atoms with E-state index in [0.29, 0.717) is 33.9 Å². The van der Waals surface area contributed by atoms with Gasteiger partial charge in [0.25, 0.3) is 0 Å². The molecule has 0 spiro atoms. The molecule has 36 heavy (non-hydrogen) atoms. The van der Waals surface area contributed by atoms with Crippen LogP contribution in [-0.4, -0.2) is 27.5 Å². The highest BCUT2D eigenvalue weighted by Gasteiger charge is 2.26. The zero-order chi connectivity index (χ0) is 25.8. The summed E-state index contributed by atoms with van der Waals surface area (Å²) in [6.45, 7) is 6.49. The van der Waals surface area contributed by atoms with E-state index >= 15 is 0 Å². The van der Waals surface area contributed by atoms with Crippen LogP contribution in [-0.2, 0) is 24.1 Å². The average molecular weight is 566 g/mol. The summed E-state index contributed by atoms with van der Waals surface area (Å²) in [4.78, 5) is 14.2. The highest BCUT2D eigenvalue weighted by Crippen LogP contribution is 2.38. The number of aromatic nitrogens is 2. The molecule has 0 fully saturated rings. The molecule has 0 unspecified atom stereocenters. The summed E-state index contributed by atoms with van der Waals surface area (Å²) < 4.78 is 7.27. The first kappa shape index (κ1) is 26.9. The lowest BCUT2D eigenvalue weighted by atomic mass is 9.96. The predicted molar refractivity (Wildman–Crippen MR) is 153 cm³/mol. The van der Waals surface area contributed by atoms with Gasteiger partial charge in [-0.2, -0.15) is 5.10 Å². The molecule has 2 heterocycles. The Hall–Kier alpha value is -2.13. The Morgan fingerprint density at radius 3 is 2.53 bits per heavy atom. The molecule has 0 saturated carbocycles. The van der Waals surface area contributed by atoms with Crippen molar-refractivity contribution in [3.8, 4) is 0 Å². The number of carbonyl (C=O) groups is 1. The van der Waals surface area contributed by atoms with Crippen molar-refractivity contribution in [1.29, 1.82) is 0 Å². The van der Waals surface area contributed by atoms with E-state index in [-0.39, 0.29) is 5.97 Å². The fraction of sp³-hybridized carbons (Fsp3) is 0.423. The molecule has 0 bridgehead atoms. The number of esters is 1. The number of nitrogens with zero attached hydrogens (tertiary/aromatic N) is 2. The van der Waals surface area contributed by atoms with Gasteiger partial charge in [-0.1, -0.05) is 42.1 Å². The number of carbonyl (C=O) groups excluding carboxylic acids is 1. The number of benzene rings is 1. The largest absolute Gasteiger partial charge is 0.462 e. The van der Waals surface area contributed by atoms with Gasteiger partial charge in [-0.3, -0.25) is 4.68 Å². The zero-order valence-electron chi connectivity index (χ0n) is 20.7. The molecule has 6 nitrogen and oxygen atoms in total. The third kappa shape index (κ3) is 5.88. The number of hydrogen-bond acceptors (Lipinski definition) is 5. The van der Waals surface area contributed by atoms with Gasteiger partial charge in [0.15, 0.2) is 5.11 Å². The van der Waals surface area contributed by atoms with Crippen molar-refractivity contribution in [2.75, 3.05) is 17.2 Å². The van der Waals surface area contributed by atoms with Gasteiger partial charge in [0.1, 0.15) is 5.00 Å². The molecule has 2 aromatic heterocycles. The molecule has 0 radical (unpaired) electrons. The molecule has 2 N–H and O–H groups in total. The second kappa shape index (κ2) is 11.9. The monoisotopic (exact) mass is 564 g/mol. The smallest absolute Gasteiger partial charge is 0.341 e. The molecule has 1 aromatic carbocycles. The van der Waals surface area contributed by atoms with E-state index < -0.39 is 0 Å². The van der Waals surface area contributed by atoms with Crippen LogP contribution >= 0.6 is 46.8 Å². The van der Waals surface area contributed by atoms with Crippen LogP contribution in [0.2, 0.25) is 10.0 Å². The van der Waals surface area contributed by atoms with E-state index in [9.17, 15) is 4.79 Å². The highest BCUT2D eigenvalue weighted by atomic mass is 35.5. The maximum Gasteiger partial charge on any atom is 0.341 e. The van der Waals surface area contributed by atoms with Gasteiger partial charge in [-0.15, -0.1) is 11.3 Å². The van der Waals surface area contributed by atoms with Crippen LogP contribution in [0, 0.1) is 13.8 Å². The molecule has 0 saturated heterocycles. The minimum atomic E-state index is -0.294. The van der Waals surface area contributed by atoms with E-state index in [4.69, 9.17) is 40.2 Å². The summed E-state index contributed by atoms with van der Waals surface area (Å²) in [7, 11) is 0. The van der Waals surface area contributed by atoms with Gasteiger partial charge in [0.05, 0.1) is 35.8 Å². The normalized spacial score (nSPS) is 13.5. The maximum absolute atomic E-state index is 12.9. The standard InChI is InChI=1S/C26H30Cl2N4O2S2/c1-4-34-25(33)22-17-10-7-5-6-8-13-21(17)36-24(22)30-26(35)29-23-15(2)31-32(16(23)3)14-18-19(27)11-9-12-20(18)28/h9,11-12H,4-8,10,13-14H2,1-3H3,(H2,29,30,35). The molecule has 10 heteroatoms. The van der Waals surface area contributed by atoms with Crippen molar-refractivity contribution >= 4 is 68.5 Å². The molecule has 0 aliphatic heterocycles. The number of ether oxygens (including phenoxy) is 1. The SMILES string of the molecule is CCOC(=O)c1c(NC(=S)Nc2c(C)nn(Cc3c(Cl)cccc3Cl)c2C)sc2c1CCCCCC2. The lowest BCUT2D eigenvalue weighted by Gasteiger charge is -2.13. The fourth-order valence-electron chi connectivity index (χ4n) is 4.54. The van der Waals surface area contributed by atoms with Crippen molar-refractivity contribution in [3.63, 3.8) is 0 Å². The van der Waals surface area contributed by atoms with Gasteiger partial charge in [0, 0.05) is 20.5 Å². The van der Waals surface area contributed by atoms with Crippen molar-refractivity contribution in [2.45, 2.75) is 65.8 Å². The quantitative estimate of drug-likeness (QED) is 0.238. The number of thiophene rings is 1. The Kier molecular flexibility index (Phi) is 8.93. The van der Waals surface area contributed by atoms with Crippen LogP contribution in [0.25, 0.3) is 0 Å². The van der Waals surface area contributed by atoms with Crippen molar-refractivity contribution in [3.05, 3.63) is 61.2 Å². The van der Waals surface area contributed by atoms with Crippen LogP contribution in [0.3, 0.4) is 0 Å². The summed E-state index contributed by atoms with van der Waals surface area (Å²) in [5, 5.41) is 13.6. The van der Waals surface area contributed by atoms with Crippen molar-refractivity contribution in [2.24, 2.45) is 0 Å². The van der Waals surface area contributed by atoms with Crippen molar-refractivity contribution in [1.82, 2.24) is 9.78 Å². The van der Waals surface area contributed by atoms with Crippen LogP contribution in [0.15, 0.2) is 18.2 Å². The first-order valence-corrected chi connectivity index (χ1v) is 14.1. The number of rotatable bonds is 6.